The molecular formula is C27H20Cl2F10N2O2. The van der Waals surface area contributed by atoms with Crippen LogP contribution in [0.1, 0.15) is 51.4 Å². The lowest BCUT2D eigenvalue weighted by Crippen LogP contribution is -2.51. The Kier molecular flexibility index (Phi) is 9.57. The van der Waals surface area contributed by atoms with Gasteiger partial charge in [0.1, 0.15) is 23.8 Å². The smallest absolute Gasteiger partial charge is 0.338 e. The van der Waals surface area contributed by atoms with E-state index in [0.717, 1.165) is 19.2 Å². The average molecular weight is 665 g/mol. The van der Waals surface area contributed by atoms with Crippen LogP contribution in [0, 0.1) is 0 Å². The van der Waals surface area contributed by atoms with Crippen molar-refractivity contribution in [3.05, 3.63) is 80.8 Å². The molecule has 0 radical (unpaired) electrons. The van der Waals surface area contributed by atoms with Gasteiger partial charge in [0.25, 0.3) is 5.91 Å². The first-order chi connectivity index (χ1) is 19.6. The zero-order chi connectivity index (χ0) is 32.7. The SMILES string of the molecule is C=Cc1c(Cl)cc(C(C=C(F)c2ccc(C(=O)NC3(C(=O)N(C)CC(F)(F)F)CC3)c(C(F)(F)F)c2)C(F)(F)F)cc1Cl. The number of halogens is 12. The standard InChI is InChI=1S/C27H20Cl2F10N2O2/c1-3-15-19(28)9-14(10-20(15)29)17(26(34,35)36)11-21(30)13-4-5-16(18(8-13)27(37,38)39)22(42)40-24(6-7-24)23(43)41(2)12-25(31,32)33/h3-5,8-11,17H,1,6-7,12H2,2H3,(H,40,42). The lowest BCUT2D eigenvalue weighted by atomic mass is 9.94. The molecule has 0 heterocycles. The number of likely N-dealkylation sites (N-methyl/N-ethyl adjacent to an activating group) is 1. The van der Waals surface area contributed by atoms with Crippen molar-refractivity contribution in [2.75, 3.05) is 13.6 Å². The monoisotopic (exact) mass is 664 g/mol. The van der Waals surface area contributed by atoms with Crippen molar-refractivity contribution in [1.82, 2.24) is 10.2 Å². The first kappa shape index (κ1) is 34.2. The van der Waals surface area contributed by atoms with Gasteiger partial charge in [0.15, 0.2) is 0 Å². The number of alkyl halides is 9. The second-order valence-corrected chi connectivity index (χ2v) is 10.5. The molecule has 0 spiro atoms. The number of amides is 2. The van der Waals surface area contributed by atoms with Gasteiger partial charge in [-0.05, 0) is 48.7 Å². The highest BCUT2D eigenvalue weighted by atomic mass is 35.5. The van der Waals surface area contributed by atoms with Gasteiger partial charge in [-0.2, -0.15) is 39.5 Å². The molecule has 1 N–H and O–H groups in total. The summed E-state index contributed by atoms with van der Waals surface area (Å²) in [6, 6.07) is 2.90. The minimum Gasteiger partial charge on any atom is -0.338 e. The molecule has 16 heteroatoms. The van der Waals surface area contributed by atoms with E-state index >= 15 is 4.39 Å². The second kappa shape index (κ2) is 12.0. The van der Waals surface area contributed by atoms with Crippen LogP contribution >= 0.6 is 23.2 Å². The van der Waals surface area contributed by atoms with E-state index in [1.54, 1.807) is 0 Å². The average Bonchev–Trinajstić information content (AvgIpc) is 3.64. The Morgan fingerprint density at radius 1 is 1.02 bits per heavy atom. The molecule has 1 unspecified atom stereocenters. The highest BCUT2D eigenvalue weighted by Crippen LogP contribution is 2.43. The van der Waals surface area contributed by atoms with Gasteiger partial charge in [-0.1, -0.05) is 41.9 Å². The summed E-state index contributed by atoms with van der Waals surface area (Å²) in [5, 5.41) is 1.53. The number of nitrogens with zero attached hydrogens (tertiary/aromatic N) is 1. The molecule has 1 fully saturated rings. The molecule has 0 aliphatic heterocycles. The molecule has 1 aliphatic carbocycles. The summed E-state index contributed by atoms with van der Waals surface area (Å²) in [6.45, 7) is 1.75. The van der Waals surface area contributed by atoms with Crippen molar-refractivity contribution >= 4 is 46.9 Å². The predicted molar refractivity (Wildman–Crippen MR) is 139 cm³/mol. The van der Waals surface area contributed by atoms with Gasteiger partial charge in [0.05, 0.1) is 11.1 Å². The molecule has 4 nitrogen and oxygen atoms in total. The van der Waals surface area contributed by atoms with E-state index in [-0.39, 0.29) is 45.5 Å². The molecule has 2 aromatic carbocycles. The molecule has 0 aromatic heterocycles. The highest BCUT2D eigenvalue weighted by Gasteiger charge is 2.54. The van der Waals surface area contributed by atoms with Crippen LogP contribution in [0.15, 0.2) is 43.0 Å². The zero-order valence-corrected chi connectivity index (χ0v) is 23.3. The van der Waals surface area contributed by atoms with Crippen molar-refractivity contribution in [2.24, 2.45) is 0 Å². The van der Waals surface area contributed by atoms with Crippen molar-refractivity contribution in [3.8, 4) is 0 Å². The summed E-state index contributed by atoms with van der Waals surface area (Å²) >= 11 is 11.9. The summed E-state index contributed by atoms with van der Waals surface area (Å²) in [5.41, 5.74) is -6.27. The first-order valence-corrected chi connectivity index (χ1v) is 12.8. The molecule has 2 aromatic rings. The Hall–Kier alpha value is -3.26. The van der Waals surface area contributed by atoms with Crippen molar-refractivity contribution in [1.29, 1.82) is 0 Å². The van der Waals surface area contributed by atoms with Crippen molar-refractivity contribution in [2.45, 2.75) is 42.8 Å². The Labute approximate surface area is 247 Å². The van der Waals surface area contributed by atoms with Gasteiger partial charge in [-0.3, -0.25) is 9.59 Å². The number of hydrogen-bond donors (Lipinski definition) is 1. The largest absolute Gasteiger partial charge is 0.417 e. The number of hydrogen-bond acceptors (Lipinski definition) is 2. The predicted octanol–water partition coefficient (Wildman–Crippen LogP) is 8.59. The number of nitrogens with one attached hydrogen (secondary N) is 1. The van der Waals surface area contributed by atoms with Crippen LogP contribution in [-0.2, 0) is 11.0 Å². The van der Waals surface area contributed by atoms with E-state index in [0.29, 0.717) is 12.1 Å². The fourth-order valence-electron chi connectivity index (χ4n) is 4.23. The number of carbonyl (C=O) groups is 2. The van der Waals surface area contributed by atoms with E-state index in [1.807, 2.05) is 5.32 Å². The quantitative estimate of drug-likeness (QED) is 0.288. The molecule has 1 saturated carbocycles. The van der Waals surface area contributed by atoms with Crippen LogP contribution in [0.3, 0.4) is 0 Å². The maximum atomic E-state index is 15.1. The summed E-state index contributed by atoms with van der Waals surface area (Å²) < 4.78 is 137. The van der Waals surface area contributed by atoms with Crippen LogP contribution in [-0.4, -0.2) is 48.2 Å². The summed E-state index contributed by atoms with van der Waals surface area (Å²) in [5.74, 6) is -7.12. The van der Waals surface area contributed by atoms with Crippen molar-refractivity contribution < 1.29 is 53.5 Å². The van der Waals surface area contributed by atoms with Crippen LogP contribution in [0.25, 0.3) is 11.9 Å². The van der Waals surface area contributed by atoms with E-state index < -0.39 is 76.4 Å². The Morgan fingerprint density at radius 2 is 1.58 bits per heavy atom. The fourth-order valence-corrected chi connectivity index (χ4v) is 4.89. The van der Waals surface area contributed by atoms with Gasteiger partial charge in [-0.25, -0.2) is 4.39 Å². The third kappa shape index (κ3) is 8.02. The fraction of sp³-hybridized carbons (Fsp3) is 0.333. The first-order valence-electron chi connectivity index (χ1n) is 12.0. The molecule has 43 heavy (non-hydrogen) atoms. The number of rotatable bonds is 8. The van der Waals surface area contributed by atoms with E-state index in [4.69, 9.17) is 23.2 Å². The minimum atomic E-state index is -5.33. The molecule has 1 aliphatic rings. The number of allylic oxidation sites excluding steroid dienone is 1. The van der Waals surface area contributed by atoms with E-state index in [9.17, 15) is 49.1 Å². The zero-order valence-electron chi connectivity index (χ0n) is 21.7. The number of benzene rings is 2. The summed E-state index contributed by atoms with van der Waals surface area (Å²) in [4.78, 5) is 25.5. The lowest BCUT2D eigenvalue weighted by molar-refractivity contribution is -0.160. The van der Waals surface area contributed by atoms with Crippen LogP contribution in [0.2, 0.25) is 10.0 Å². The maximum absolute atomic E-state index is 15.1. The molecule has 234 valence electrons. The van der Waals surface area contributed by atoms with Crippen molar-refractivity contribution in [3.63, 3.8) is 0 Å². The Balaban J connectivity index is 1.98. The third-order valence-electron chi connectivity index (χ3n) is 6.45. The van der Waals surface area contributed by atoms with Gasteiger partial charge >= 0.3 is 18.5 Å². The van der Waals surface area contributed by atoms with Crippen LogP contribution in [0.5, 0.6) is 0 Å². The van der Waals surface area contributed by atoms with Gasteiger partial charge < -0.3 is 10.2 Å². The van der Waals surface area contributed by atoms with Gasteiger partial charge in [0, 0.05) is 28.2 Å². The molecule has 0 saturated heterocycles. The second-order valence-electron chi connectivity index (χ2n) is 9.71. The van der Waals surface area contributed by atoms with Crippen LogP contribution in [0.4, 0.5) is 43.9 Å². The highest BCUT2D eigenvalue weighted by molar-refractivity contribution is 6.37. The number of carbonyl (C=O) groups excluding carboxylic acids is 2. The van der Waals surface area contributed by atoms with E-state index in [2.05, 4.69) is 6.58 Å². The maximum Gasteiger partial charge on any atom is 0.417 e. The van der Waals surface area contributed by atoms with E-state index in [1.165, 1.54) is 6.08 Å². The normalized spacial score (nSPS) is 16.0. The molecule has 1 atom stereocenters. The third-order valence-corrected chi connectivity index (χ3v) is 7.08. The topological polar surface area (TPSA) is 49.4 Å². The van der Waals surface area contributed by atoms with Crippen LogP contribution < -0.4 is 5.32 Å². The molecule has 3 rings (SSSR count). The minimum absolute atomic E-state index is 0.0130. The molecule has 2 amide bonds. The van der Waals surface area contributed by atoms with Gasteiger partial charge in [0.2, 0.25) is 5.91 Å². The molecular weight excluding hydrogens is 645 g/mol. The van der Waals surface area contributed by atoms with Gasteiger partial charge in [-0.15, -0.1) is 0 Å². The summed E-state index contributed by atoms with van der Waals surface area (Å²) in [6.07, 6.45) is -14.4. The Bertz CT molecular complexity index is 1440. The molecule has 0 bridgehead atoms. The lowest BCUT2D eigenvalue weighted by Gasteiger charge is -2.25. The Morgan fingerprint density at radius 3 is 2.02 bits per heavy atom. The summed E-state index contributed by atoms with van der Waals surface area (Å²) in [7, 11) is 0.803.